The molecule has 2 nitrogen and oxygen atoms in total. The summed E-state index contributed by atoms with van der Waals surface area (Å²) in [5.41, 5.74) is 6.00. The Balaban J connectivity index is 2.44. The number of nitrogens with two attached hydrogens (primary N) is 1. The Morgan fingerprint density at radius 3 is 2.46 bits per heavy atom. The van der Waals surface area contributed by atoms with E-state index >= 15 is 0 Å². The summed E-state index contributed by atoms with van der Waals surface area (Å²) in [5.74, 6) is 0.675. The largest absolute Gasteiger partial charge is 0.327 e. The Kier molecular flexibility index (Phi) is 4.20. The van der Waals surface area contributed by atoms with Gasteiger partial charge in [0.05, 0.1) is 0 Å². The van der Waals surface area contributed by atoms with Gasteiger partial charge in [-0.1, -0.05) is 20.8 Å². The second kappa shape index (κ2) is 4.97. The van der Waals surface area contributed by atoms with Crippen molar-refractivity contribution in [3.8, 4) is 0 Å². The molecule has 0 aliphatic carbocycles. The molecule has 2 atom stereocenters. The molecule has 1 aliphatic rings. The topological polar surface area (TPSA) is 29.3 Å². The minimum absolute atomic E-state index is 0.436. The van der Waals surface area contributed by atoms with Gasteiger partial charge in [0.2, 0.25) is 0 Å². The van der Waals surface area contributed by atoms with E-state index in [9.17, 15) is 0 Å². The van der Waals surface area contributed by atoms with Gasteiger partial charge in [0.25, 0.3) is 0 Å². The molecule has 78 valence electrons. The van der Waals surface area contributed by atoms with Crippen LogP contribution < -0.4 is 5.73 Å². The zero-order valence-electron chi connectivity index (χ0n) is 9.29. The first-order valence-corrected chi connectivity index (χ1v) is 5.68. The van der Waals surface area contributed by atoms with Crippen molar-refractivity contribution in [1.29, 1.82) is 0 Å². The fourth-order valence-electron chi connectivity index (χ4n) is 2.33. The lowest BCUT2D eigenvalue weighted by Crippen LogP contribution is -2.49. The van der Waals surface area contributed by atoms with E-state index in [0.29, 0.717) is 12.0 Å². The molecule has 0 aromatic heterocycles. The summed E-state index contributed by atoms with van der Waals surface area (Å²) < 4.78 is 0. The van der Waals surface area contributed by atoms with E-state index in [1.807, 2.05) is 0 Å². The van der Waals surface area contributed by atoms with Gasteiger partial charge < -0.3 is 10.6 Å². The number of hydrogen-bond acceptors (Lipinski definition) is 2. The van der Waals surface area contributed by atoms with Crippen LogP contribution in [0, 0.1) is 5.92 Å². The van der Waals surface area contributed by atoms with Crippen LogP contribution >= 0.6 is 0 Å². The van der Waals surface area contributed by atoms with Crippen LogP contribution in [0.25, 0.3) is 0 Å². The lowest BCUT2D eigenvalue weighted by molar-refractivity contribution is 0.110. The zero-order chi connectivity index (χ0) is 9.84. The molecule has 1 fully saturated rings. The predicted octanol–water partition coefficient (Wildman–Crippen LogP) is 1.84. The highest BCUT2D eigenvalue weighted by Gasteiger charge is 2.26. The second-order valence-electron chi connectivity index (χ2n) is 4.40. The maximum atomic E-state index is 6.00. The number of rotatable bonds is 3. The molecule has 1 saturated heterocycles. The van der Waals surface area contributed by atoms with Crippen molar-refractivity contribution in [2.75, 3.05) is 13.1 Å². The molecule has 1 rings (SSSR count). The first-order valence-electron chi connectivity index (χ1n) is 5.68. The van der Waals surface area contributed by atoms with E-state index in [4.69, 9.17) is 5.73 Å². The lowest BCUT2D eigenvalue weighted by atomic mass is 9.93. The SMILES string of the molecule is CCC(CC)N1CCC(N)C(C)C1. The van der Waals surface area contributed by atoms with Gasteiger partial charge in [-0.05, 0) is 31.7 Å². The number of piperidine rings is 1. The van der Waals surface area contributed by atoms with Crippen molar-refractivity contribution in [1.82, 2.24) is 4.90 Å². The molecule has 1 heterocycles. The first-order chi connectivity index (χ1) is 6.19. The molecule has 2 heteroatoms. The van der Waals surface area contributed by atoms with Gasteiger partial charge >= 0.3 is 0 Å². The predicted molar refractivity (Wildman–Crippen MR) is 57.7 cm³/mol. The Morgan fingerprint density at radius 1 is 1.38 bits per heavy atom. The average Bonchev–Trinajstić information content (AvgIpc) is 2.13. The zero-order valence-corrected chi connectivity index (χ0v) is 9.29. The summed E-state index contributed by atoms with van der Waals surface area (Å²) in [6.45, 7) is 9.26. The molecule has 0 spiro atoms. The van der Waals surface area contributed by atoms with E-state index in [2.05, 4.69) is 25.7 Å². The van der Waals surface area contributed by atoms with E-state index in [0.717, 1.165) is 6.04 Å². The van der Waals surface area contributed by atoms with Crippen LogP contribution in [0.1, 0.15) is 40.0 Å². The fraction of sp³-hybridized carbons (Fsp3) is 1.00. The third-order valence-corrected chi connectivity index (χ3v) is 3.46. The lowest BCUT2D eigenvalue weighted by Gasteiger charge is -2.39. The van der Waals surface area contributed by atoms with Gasteiger partial charge in [-0.3, -0.25) is 0 Å². The molecule has 0 aromatic carbocycles. The van der Waals surface area contributed by atoms with Gasteiger partial charge in [-0.25, -0.2) is 0 Å². The number of hydrogen-bond donors (Lipinski definition) is 1. The van der Waals surface area contributed by atoms with Crippen LogP contribution in [0.15, 0.2) is 0 Å². The molecule has 2 unspecified atom stereocenters. The van der Waals surface area contributed by atoms with Crippen molar-refractivity contribution in [2.45, 2.75) is 52.1 Å². The summed E-state index contributed by atoms with van der Waals surface area (Å²) in [4.78, 5) is 2.62. The number of nitrogens with zero attached hydrogens (tertiary/aromatic N) is 1. The van der Waals surface area contributed by atoms with Crippen LogP contribution in [0.2, 0.25) is 0 Å². The third kappa shape index (κ3) is 2.68. The minimum Gasteiger partial charge on any atom is -0.327 e. The van der Waals surface area contributed by atoms with Crippen molar-refractivity contribution < 1.29 is 0 Å². The minimum atomic E-state index is 0.436. The van der Waals surface area contributed by atoms with Gasteiger partial charge in [-0.15, -0.1) is 0 Å². The smallest absolute Gasteiger partial charge is 0.00901 e. The van der Waals surface area contributed by atoms with E-state index in [1.54, 1.807) is 0 Å². The van der Waals surface area contributed by atoms with Gasteiger partial charge in [0.1, 0.15) is 0 Å². The molecule has 0 radical (unpaired) electrons. The Hall–Kier alpha value is -0.0800. The molecular formula is C11H24N2. The molecule has 0 amide bonds. The summed E-state index contributed by atoms with van der Waals surface area (Å²) in [5, 5.41) is 0. The summed E-state index contributed by atoms with van der Waals surface area (Å²) in [7, 11) is 0. The molecular weight excluding hydrogens is 160 g/mol. The highest BCUT2D eigenvalue weighted by Crippen LogP contribution is 2.19. The molecule has 2 N–H and O–H groups in total. The van der Waals surface area contributed by atoms with Crippen LogP contribution in [0.5, 0.6) is 0 Å². The van der Waals surface area contributed by atoms with Crippen LogP contribution in [-0.2, 0) is 0 Å². The van der Waals surface area contributed by atoms with Gasteiger partial charge in [0.15, 0.2) is 0 Å². The monoisotopic (exact) mass is 184 g/mol. The van der Waals surface area contributed by atoms with E-state index in [1.165, 1.54) is 32.4 Å². The molecule has 1 aliphatic heterocycles. The van der Waals surface area contributed by atoms with E-state index < -0.39 is 0 Å². The summed E-state index contributed by atoms with van der Waals surface area (Å²) in [6, 6.07) is 1.22. The second-order valence-corrected chi connectivity index (χ2v) is 4.40. The van der Waals surface area contributed by atoms with Crippen molar-refractivity contribution in [3.63, 3.8) is 0 Å². The Labute approximate surface area is 82.5 Å². The van der Waals surface area contributed by atoms with Crippen LogP contribution in [0.4, 0.5) is 0 Å². The molecule has 0 bridgehead atoms. The first kappa shape index (κ1) is 11.0. The van der Waals surface area contributed by atoms with Crippen LogP contribution in [-0.4, -0.2) is 30.1 Å². The maximum Gasteiger partial charge on any atom is 0.00901 e. The molecule has 0 aromatic rings. The maximum absolute atomic E-state index is 6.00. The van der Waals surface area contributed by atoms with Crippen molar-refractivity contribution in [3.05, 3.63) is 0 Å². The van der Waals surface area contributed by atoms with Crippen LogP contribution in [0.3, 0.4) is 0 Å². The Morgan fingerprint density at radius 2 is 2.00 bits per heavy atom. The molecule has 13 heavy (non-hydrogen) atoms. The fourth-order valence-corrected chi connectivity index (χ4v) is 2.33. The normalized spacial score (nSPS) is 31.2. The molecule has 0 saturated carbocycles. The third-order valence-electron chi connectivity index (χ3n) is 3.46. The Bertz CT molecular complexity index is 143. The summed E-state index contributed by atoms with van der Waals surface area (Å²) >= 11 is 0. The summed E-state index contributed by atoms with van der Waals surface area (Å²) in [6.07, 6.45) is 3.73. The van der Waals surface area contributed by atoms with Gasteiger partial charge in [-0.2, -0.15) is 0 Å². The van der Waals surface area contributed by atoms with Crippen molar-refractivity contribution >= 4 is 0 Å². The van der Waals surface area contributed by atoms with Gasteiger partial charge in [0, 0.05) is 18.6 Å². The van der Waals surface area contributed by atoms with Crippen molar-refractivity contribution in [2.24, 2.45) is 11.7 Å². The highest BCUT2D eigenvalue weighted by molar-refractivity contribution is 4.83. The number of likely N-dealkylation sites (tertiary alicyclic amines) is 1. The highest BCUT2D eigenvalue weighted by atomic mass is 15.2. The standard InChI is InChI=1S/C11H24N2/c1-4-10(5-2)13-7-6-11(12)9(3)8-13/h9-11H,4-8,12H2,1-3H3. The quantitative estimate of drug-likeness (QED) is 0.725. The van der Waals surface area contributed by atoms with E-state index in [-0.39, 0.29) is 0 Å². The average molecular weight is 184 g/mol.